The number of ether oxygens (including phenoxy) is 1. The Kier molecular flexibility index (Phi) is 4.13. The van der Waals surface area contributed by atoms with Gasteiger partial charge < -0.3 is 15.4 Å². The van der Waals surface area contributed by atoms with Gasteiger partial charge in [-0.15, -0.1) is 0 Å². The van der Waals surface area contributed by atoms with E-state index in [0.29, 0.717) is 6.54 Å². The van der Waals surface area contributed by atoms with Gasteiger partial charge in [0.1, 0.15) is 0 Å². The van der Waals surface area contributed by atoms with Crippen LogP contribution in [-0.2, 0) is 4.74 Å². The Balaban J connectivity index is 1.95. The van der Waals surface area contributed by atoms with Crippen LogP contribution in [0.25, 0.3) is 10.8 Å². The number of nitrogens with zero attached hydrogens (tertiary/aromatic N) is 1. The fourth-order valence-corrected chi connectivity index (χ4v) is 3.26. The molecule has 1 atom stereocenters. The average Bonchev–Trinajstić information content (AvgIpc) is 3.01. The highest BCUT2D eigenvalue weighted by Gasteiger charge is 2.35. The molecular weight excluding hydrogens is 260 g/mol. The normalized spacial score (nSPS) is 21.8. The number of anilines is 1. The van der Waals surface area contributed by atoms with Crippen molar-refractivity contribution in [3.8, 4) is 0 Å². The maximum absolute atomic E-state index is 6.06. The van der Waals surface area contributed by atoms with Gasteiger partial charge in [0, 0.05) is 42.7 Å². The van der Waals surface area contributed by atoms with E-state index in [-0.39, 0.29) is 5.41 Å². The second-order valence-corrected chi connectivity index (χ2v) is 6.02. The highest BCUT2D eigenvalue weighted by molar-refractivity contribution is 5.94. The molecule has 3 rings (SSSR count). The minimum Gasteiger partial charge on any atom is -0.381 e. The molecule has 0 radical (unpaired) electrons. The molecule has 0 saturated carbocycles. The number of nitrogens with two attached hydrogens (primary N) is 1. The van der Waals surface area contributed by atoms with E-state index in [9.17, 15) is 0 Å². The third kappa shape index (κ3) is 2.76. The first-order valence-electron chi connectivity index (χ1n) is 7.78. The zero-order chi connectivity index (χ0) is 14.7. The highest BCUT2D eigenvalue weighted by atomic mass is 16.5. The van der Waals surface area contributed by atoms with Gasteiger partial charge in [0.05, 0.1) is 6.61 Å². The maximum Gasteiger partial charge on any atom is 0.0552 e. The molecule has 1 aliphatic heterocycles. The molecule has 1 aliphatic rings. The van der Waals surface area contributed by atoms with Crippen LogP contribution >= 0.6 is 0 Å². The molecule has 21 heavy (non-hydrogen) atoms. The van der Waals surface area contributed by atoms with Crippen LogP contribution < -0.4 is 10.6 Å². The van der Waals surface area contributed by atoms with Crippen LogP contribution in [0.15, 0.2) is 42.5 Å². The lowest BCUT2D eigenvalue weighted by Crippen LogP contribution is -2.43. The van der Waals surface area contributed by atoms with Crippen molar-refractivity contribution >= 4 is 16.5 Å². The van der Waals surface area contributed by atoms with Crippen LogP contribution in [0.2, 0.25) is 0 Å². The minimum atomic E-state index is 0.104. The number of hydrogen-bond donors (Lipinski definition) is 1. The van der Waals surface area contributed by atoms with Crippen LogP contribution in [0.3, 0.4) is 0 Å². The third-order valence-corrected chi connectivity index (χ3v) is 4.63. The fraction of sp³-hybridized carbons (Fsp3) is 0.444. The van der Waals surface area contributed by atoms with Gasteiger partial charge in [-0.05, 0) is 24.8 Å². The Hall–Kier alpha value is -1.58. The molecule has 3 heteroatoms. The van der Waals surface area contributed by atoms with E-state index in [1.807, 2.05) is 0 Å². The van der Waals surface area contributed by atoms with E-state index < -0.39 is 0 Å². The molecule has 2 N–H and O–H groups in total. The van der Waals surface area contributed by atoms with E-state index in [0.717, 1.165) is 32.7 Å². The van der Waals surface area contributed by atoms with Gasteiger partial charge in [-0.25, -0.2) is 0 Å². The Morgan fingerprint density at radius 1 is 1.19 bits per heavy atom. The summed E-state index contributed by atoms with van der Waals surface area (Å²) in [6.07, 6.45) is 1.06. The van der Waals surface area contributed by atoms with Crippen LogP contribution in [0.4, 0.5) is 5.69 Å². The van der Waals surface area contributed by atoms with E-state index in [2.05, 4.69) is 54.3 Å². The number of rotatable bonds is 5. The number of hydrogen-bond acceptors (Lipinski definition) is 3. The molecule has 1 heterocycles. The van der Waals surface area contributed by atoms with Crippen molar-refractivity contribution in [2.24, 2.45) is 11.1 Å². The predicted octanol–water partition coefficient (Wildman–Crippen LogP) is 3.03. The van der Waals surface area contributed by atoms with Gasteiger partial charge in [0.25, 0.3) is 0 Å². The molecule has 0 aliphatic carbocycles. The lowest BCUT2D eigenvalue weighted by Gasteiger charge is -2.34. The second-order valence-electron chi connectivity index (χ2n) is 6.02. The average molecular weight is 284 g/mol. The summed E-state index contributed by atoms with van der Waals surface area (Å²) in [5.74, 6) is 0. The molecular formula is C18H24N2O. The standard InChI is InChI=1S/C18H24N2O/c1-2-20(13-18(12-19)10-11-21-14-18)17-9-5-7-15-6-3-4-8-16(15)17/h3-9H,2,10-14,19H2,1H3. The van der Waals surface area contributed by atoms with Crippen molar-refractivity contribution in [1.29, 1.82) is 0 Å². The minimum absolute atomic E-state index is 0.104. The van der Waals surface area contributed by atoms with Crippen LogP contribution in [-0.4, -0.2) is 32.8 Å². The van der Waals surface area contributed by atoms with E-state index >= 15 is 0 Å². The zero-order valence-corrected chi connectivity index (χ0v) is 12.7. The van der Waals surface area contributed by atoms with Crippen LogP contribution in [0.1, 0.15) is 13.3 Å². The smallest absolute Gasteiger partial charge is 0.0552 e. The van der Waals surface area contributed by atoms with Crippen molar-refractivity contribution in [2.75, 3.05) is 37.7 Å². The van der Waals surface area contributed by atoms with Gasteiger partial charge in [-0.3, -0.25) is 0 Å². The van der Waals surface area contributed by atoms with Gasteiger partial charge in [0.15, 0.2) is 0 Å². The molecule has 3 nitrogen and oxygen atoms in total. The van der Waals surface area contributed by atoms with Crippen molar-refractivity contribution in [2.45, 2.75) is 13.3 Å². The summed E-state index contributed by atoms with van der Waals surface area (Å²) < 4.78 is 5.61. The summed E-state index contributed by atoms with van der Waals surface area (Å²) in [5, 5.41) is 2.60. The first kappa shape index (κ1) is 14.4. The zero-order valence-electron chi connectivity index (χ0n) is 12.7. The molecule has 0 amide bonds. The molecule has 0 aromatic heterocycles. The summed E-state index contributed by atoms with van der Waals surface area (Å²) in [6.45, 7) is 6.47. The molecule has 2 aromatic carbocycles. The van der Waals surface area contributed by atoms with Crippen molar-refractivity contribution in [1.82, 2.24) is 0 Å². The molecule has 1 fully saturated rings. The van der Waals surface area contributed by atoms with E-state index in [4.69, 9.17) is 10.5 Å². The van der Waals surface area contributed by atoms with Crippen molar-refractivity contribution in [3.63, 3.8) is 0 Å². The number of fused-ring (bicyclic) bond motifs is 1. The second kappa shape index (κ2) is 6.04. The Morgan fingerprint density at radius 3 is 2.71 bits per heavy atom. The summed E-state index contributed by atoms with van der Waals surface area (Å²) in [6, 6.07) is 15.1. The Morgan fingerprint density at radius 2 is 2.00 bits per heavy atom. The van der Waals surface area contributed by atoms with Crippen molar-refractivity contribution < 1.29 is 4.74 Å². The lowest BCUT2D eigenvalue weighted by atomic mass is 9.86. The van der Waals surface area contributed by atoms with Gasteiger partial charge >= 0.3 is 0 Å². The van der Waals surface area contributed by atoms with Crippen LogP contribution in [0.5, 0.6) is 0 Å². The first-order valence-corrected chi connectivity index (χ1v) is 7.78. The molecule has 0 bridgehead atoms. The summed E-state index contributed by atoms with van der Waals surface area (Å²) in [7, 11) is 0. The monoisotopic (exact) mass is 284 g/mol. The quantitative estimate of drug-likeness (QED) is 0.917. The largest absolute Gasteiger partial charge is 0.381 e. The third-order valence-electron chi connectivity index (χ3n) is 4.63. The Bertz CT molecular complexity index is 600. The first-order chi connectivity index (χ1) is 10.3. The maximum atomic E-state index is 6.06. The van der Waals surface area contributed by atoms with E-state index in [1.165, 1.54) is 16.5 Å². The summed E-state index contributed by atoms with van der Waals surface area (Å²) in [5.41, 5.74) is 7.46. The fourth-order valence-electron chi connectivity index (χ4n) is 3.26. The SMILES string of the molecule is CCN(CC1(CN)CCOC1)c1cccc2ccccc12. The van der Waals surface area contributed by atoms with Gasteiger partial charge in [-0.1, -0.05) is 36.4 Å². The molecule has 1 saturated heterocycles. The summed E-state index contributed by atoms with van der Waals surface area (Å²) >= 11 is 0. The van der Waals surface area contributed by atoms with Gasteiger partial charge in [0.2, 0.25) is 0 Å². The van der Waals surface area contributed by atoms with E-state index in [1.54, 1.807) is 0 Å². The summed E-state index contributed by atoms with van der Waals surface area (Å²) in [4.78, 5) is 2.45. The molecule has 0 spiro atoms. The number of benzene rings is 2. The molecule has 112 valence electrons. The molecule has 1 unspecified atom stereocenters. The lowest BCUT2D eigenvalue weighted by molar-refractivity contribution is 0.157. The van der Waals surface area contributed by atoms with Crippen molar-refractivity contribution in [3.05, 3.63) is 42.5 Å². The topological polar surface area (TPSA) is 38.5 Å². The Labute approximate surface area is 126 Å². The molecule has 2 aromatic rings. The van der Waals surface area contributed by atoms with Crippen LogP contribution in [0, 0.1) is 5.41 Å². The predicted molar refractivity (Wildman–Crippen MR) is 88.8 cm³/mol. The van der Waals surface area contributed by atoms with Gasteiger partial charge in [-0.2, -0.15) is 0 Å². The highest BCUT2D eigenvalue weighted by Crippen LogP contribution is 2.33.